The molecule has 108 heavy (non-hydrogen) atoms. The van der Waals surface area contributed by atoms with Crippen molar-refractivity contribution in [1.29, 1.82) is 0 Å². The van der Waals surface area contributed by atoms with Gasteiger partial charge in [-0.3, -0.25) is 25.1 Å². The molecule has 0 unspecified atom stereocenters. The topological polar surface area (TPSA) is 399 Å². The molecule has 0 saturated heterocycles. The van der Waals surface area contributed by atoms with Crippen LogP contribution in [0.3, 0.4) is 0 Å². The van der Waals surface area contributed by atoms with Gasteiger partial charge in [-0.2, -0.15) is 0 Å². The SMILES string of the molecule is CCCCCCCCCCCCOS(=O)(=O)[O-].CCCCCCCCCCCCOS(=O)(=O)[O-].CCCCCCCCCCCCOS(=O)(=O)[O-].CCCCCCCCCCCCOS(=O)(=O)[O-].CCCCCCCCCCCCOS(=O)(=O)[O-].CCCCCCCCCCCCOS(=O)(=O)[O-].[Na+].[Na+].[Na+].[Na+].[Na+].[Na+]. The van der Waals surface area contributed by atoms with Gasteiger partial charge in [0.1, 0.15) is 0 Å². The molecule has 0 atom stereocenters. The third-order valence-electron chi connectivity index (χ3n) is 16.4. The summed E-state index contributed by atoms with van der Waals surface area (Å²) in [5, 5.41) is 0. The second-order valence-electron chi connectivity index (χ2n) is 26.5. The molecule has 0 amide bonds. The van der Waals surface area contributed by atoms with Crippen molar-refractivity contribution in [1.82, 2.24) is 0 Å². The van der Waals surface area contributed by atoms with Crippen molar-refractivity contribution in [2.24, 2.45) is 0 Å². The molecule has 0 aliphatic carbocycles. The quantitative estimate of drug-likeness (QED) is 0.0365. The summed E-state index contributed by atoms with van der Waals surface area (Å²) in [7, 11) is -26.9. The number of hydrogen-bond acceptors (Lipinski definition) is 24. The molecular formula is C72H150Na6O24S6. The summed E-state index contributed by atoms with van der Waals surface area (Å²) in [4.78, 5) is 0. The minimum absolute atomic E-state index is 0. The Hall–Kier alpha value is 5.22. The number of rotatable bonds is 72. The predicted octanol–water partition coefficient (Wildman–Crippen LogP) is 2.33. The molecule has 0 spiro atoms. The van der Waals surface area contributed by atoms with Crippen molar-refractivity contribution < 1.29 is 280 Å². The monoisotopic (exact) mass is 1730 g/mol. The van der Waals surface area contributed by atoms with Crippen LogP contribution in [0.15, 0.2) is 0 Å². The summed E-state index contributed by atoms with van der Waals surface area (Å²) in [6, 6.07) is 0. The molecule has 0 fully saturated rings. The van der Waals surface area contributed by atoms with Crippen LogP contribution in [0.1, 0.15) is 427 Å². The van der Waals surface area contributed by atoms with Crippen LogP contribution in [-0.4, -0.2) is 117 Å². The normalized spacial score (nSPS) is 11.2. The first-order valence-corrected chi connectivity index (χ1v) is 48.0. The van der Waals surface area contributed by atoms with Gasteiger partial charge in [0.2, 0.25) is 62.4 Å². The second kappa shape index (κ2) is 108. The predicted molar refractivity (Wildman–Crippen MR) is 405 cm³/mol. The molecular weight excluding hydrogens is 1580 g/mol. The van der Waals surface area contributed by atoms with E-state index >= 15 is 0 Å². The smallest absolute Gasteiger partial charge is 0.726 e. The molecule has 0 heterocycles. The summed E-state index contributed by atoms with van der Waals surface area (Å²) in [6.45, 7) is 13.5. The minimum atomic E-state index is -4.48. The summed E-state index contributed by atoms with van der Waals surface area (Å²) in [5.41, 5.74) is 0. The van der Waals surface area contributed by atoms with E-state index in [9.17, 15) is 77.8 Å². The maximum Gasteiger partial charge on any atom is 1.00 e. The van der Waals surface area contributed by atoms with Crippen LogP contribution >= 0.6 is 0 Å². The third-order valence-corrected chi connectivity index (χ3v) is 19.1. The zero-order valence-corrected chi connectivity index (χ0v) is 87.8. The average molecular weight is 1730 g/mol. The van der Waals surface area contributed by atoms with Gasteiger partial charge >= 0.3 is 177 Å². The fraction of sp³-hybridized carbons (Fsp3) is 1.00. The molecule has 0 aromatic heterocycles. The number of unbranched alkanes of at least 4 members (excludes halogenated alkanes) is 54. The zero-order valence-electron chi connectivity index (χ0n) is 70.9. The fourth-order valence-electron chi connectivity index (χ4n) is 10.5. The average Bonchev–Trinajstić information content (AvgIpc) is 1.04. The third kappa shape index (κ3) is 170. The van der Waals surface area contributed by atoms with Gasteiger partial charge in [0.15, 0.2) is 0 Å². The minimum Gasteiger partial charge on any atom is -0.726 e. The van der Waals surface area contributed by atoms with E-state index in [1.54, 1.807) is 0 Å². The molecule has 0 aliphatic rings. The first-order valence-electron chi connectivity index (χ1n) is 40.0. The van der Waals surface area contributed by atoms with E-state index in [1.165, 1.54) is 270 Å². The van der Waals surface area contributed by atoms with Crippen LogP contribution in [-0.2, 0) is 87.5 Å². The van der Waals surface area contributed by atoms with Crippen LogP contribution < -0.4 is 177 Å². The molecule has 0 aromatic carbocycles. The Kier molecular flexibility index (Phi) is 140. The molecule has 24 nitrogen and oxygen atoms in total. The van der Waals surface area contributed by atoms with E-state index < -0.39 is 62.4 Å². The standard InChI is InChI=1S/6C12H26O4S.6Na/c6*1-2-3-4-5-6-7-8-9-10-11-12-16-17(13,14)15;;;;;;/h6*2-12H2,1H3,(H,13,14,15);;;;;;/q;;;;;;6*+1/p-6. The van der Waals surface area contributed by atoms with Crippen LogP contribution in [0, 0.1) is 0 Å². The van der Waals surface area contributed by atoms with Crippen molar-refractivity contribution in [3.05, 3.63) is 0 Å². The fourth-order valence-corrected chi connectivity index (χ4v) is 12.4. The Labute approximate surface area is 798 Å². The van der Waals surface area contributed by atoms with Crippen molar-refractivity contribution in [2.75, 3.05) is 39.6 Å². The van der Waals surface area contributed by atoms with Crippen molar-refractivity contribution in [3.8, 4) is 0 Å². The summed E-state index contributed by atoms with van der Waals surface area (Å²) >= 11 is 0. The van der Waals surface area contributed by atoms with Crippen LogP contribution in [0.2, 0.25) is 0 Å². The second-order valence-corrected chi connectivity index (χ2v) is 32.8. The van der Waals surface area contributed by atoms with Crippen molar-refractivity contribution >= 4 is 62.4 Å². The molecule has 0 saturated carbocycles. The van der Waals surface area contributed by atoms with E-state index in [0.29, 0.717) is 38.5 Å². The Balaban J connectivity index is -0.000000101. The van der Waals surface area contributed by atoms with Crippen LogP contribution in [0.5, 0.6) is 0 Å². The molecule has 0 N–H and O–H groups in total. The van der Waals surface area contributed by atoms with E-state index in [0.717, 1.165) is 77.0 Å². The first-order chi connectivity index (χ1) is 48.4. The van der Waals surface area contributed by atoms with Gasteiger partial charge in [-0.1, -0.05) is 388 Å². The summed E-state index contributed by atoms with van der Waals surface area (Å²) in [5.74, 6) is 0. The largest absolute Gasteiger partial charge is 1.00 e. The van der Waals surface area contributed by atoms with Gasteiger partial charge in [0.05, 0.1) is 39.6 Å². The van der Waals surface area contributed by atoms with E-state index in [4.69, 9.17) is 0 Å². The molecule has 0 rings (SSSR count). The van der Waals surface area contributed by atoms with Gasteiger partial charge in [-0.25, -0.2) is 50.5 Å². The molecule has 0 radical (unpaired) electrons. The Morgan fingerprint density at radius 2 is 0.204 bits per heavy atom. The van der Waals surface area contributed by atoms with E-state index in [-0.39, 0.29) is 217 Å². The molecule has 0 bridgehead atoms. The van der Waals surface area contributed by atoms with Crippen molar-refractivity contribution in [3.63, 3.8) is 0 Å². The maximum absolute atomic E-state index is 10.1. The Morgan fingerprint density at radius 3 is 0.269 bits per heavy atom. The molecule has 36 heteroatoms. The summed E-state index contributed by atoms with van der Waals surface area (Å²) in [6.07, 6.45) is 70.2. The van der Waals surface area contributed by atoms with Gasteiger partial charge in [-0.15, -0.1) is 0 Å². The first kappa shape index (κ1) is 139. The molecule has 624 valence electrons. The van der Waals surface area contributed by atoms with Gasteiger partial charge in [0.25, 0.3) is 0 Å². The van der Waals surface area contributed by atoms with Crippen molar-refractivity contribution in [2.45, 2.75) is 427 Å². The van der Waals surface area contributed by atoms with E-state index in [2.05, 4.69) is 66.6 Å². The zero-order chi connectivity index (χ0) is 77.9. The van der Waals surface area contributed by atoms with E-state index in [1.807, 2.05) is 0 Å². The van der Waals surface area contributed by atoms with Gasteiger partial charge in [0, 0.05) is 0 Å². The Bertz CT molecular complexity index is 1950. The molecule has 0 aliphatic heterocycles. The maximum atomic E-state index is 10.1. The summed E-state index contributed by atoms with van der Waals surface area (Å²) < 4.78 is 207. The Morgan fingerprint density at radius 1 is 0.139 bits per heavy atom. The van der Waals surface area contributed by atoms with Gasteiger partial charge < -0.3 is 27.3 Å². The van der Waals surface area contributed by atoms with Gasteiger partial charge in [-0.05, 0) is 38.5 Å². The van der Waals surface area contributed by atoms with Crippen LogP contribution in [0.25, 0.3) is 0 Å². The van der Waals surface area contributed by atoms with Crippen LogP contribution in [0.4, 0.5) is 0 Å². The molecule has 0 aromatic rings. The number of hydrogen-bond donors (Lipinski definition) is 0.